The Balaban J connectivity index is 1.76. The molecule has 0 radical (unpaired) electrons. The lowest BCUT2D eigenvalue weighted by atomic mass is 10.1. The van der Waals surface area contributed by atoms with E-state index in [1.807, 2.05) is 0 Å². The van der Waals surface area contributed by atoms with Crippen LogP contribution < -0.4 is 10.1 Å². The Labute approximate surface area is 146 Å². The van der Waals surface area contributed by atoms with Crippen LogP contribution in [-0.2, 0) is 23.8 Å². The molecule has 26 heavy (non-hydrogen) atoms. The molecule has 0 bridgehead atoms. The second-order valence-electron chi connectivity index (χ2n) is 5.49. The first-order valence-corrected chi connectivity index (χ1v) is 7.70. The molecule has 0 saturated heterocycles. The maximum atomic E-state index is 12.5. The van der Waals surface area contributed by atoms with Crippen LogP contribution in [0.1, 0.15) is 16.7 Å². The molecule has 0 aromatic heterocycles. The number of carbonyl (C=O) groups excluding carboxylic acids is 1. The number of halogens is 5. The van der Waals surface area contributed by atoms with Gasteiger partial charge in [-0.3, -0.25) is 4.79 Å². The molecule has 0 spiro atoms. The minimum Gasteiger partial charge on any atom is -0.435 e. The number of hydrogen-bond acceptors (Lipinski definition) is 2. The predicted octanol–water partition coefficient (Wildman–Crippen LogP) is 4.21. The first kappa shape index (κ1) is 19.7. The monoisotopic (exact) mass is 373 g/mol. The molecular formula is C18H16F5NO2. The number of benzene rings is 2. The zero-order valence-electron chi connectivity index (χ0n) is 13.5. The Morgan fingerprint density at radius 2 is 1.54 bits per heavy atom. The molecular weight excluding hydrogens is 357 g/mol. The van der Waals surface area contributed by atoms with E-state index in [0.717, 1.165) is 12.1 Å². The van der Waals surface area contributed by atoms with Gasteiger partial charge in [-0.25, -0.2) is 0 Å². The lowest BCUT2D eigenvalue weighted by Gasteiger charge is -2.09. The van der Waals surface area contributed by atoms with Gasteiger partial charge in [0, 0.05) is 6.54 Å². The summed E-state index contributed by atoms with van der Waals surface area (Å²) in [5.41, 5.74) is 0.579. The van der Waals surface area contributed by atoms with Crippen LogP contribution in [-0.4, -0.2) is 19.1 Å². The first-order valence-electron chi connectivity index (χ1n) is 7.70. The molecule has 0 saturated carbocycles. The summed E-state index contributed by atoms with van der Waals surface area (Å²) in [4.78, 5) is 11.8. The maximum absolute atomic E-state index is 12.5. The van der Waals surface area contributed by atoms with Crippen molar-refractivity contribution in [2.24, 2.45) is 0 Å². The summed E-state index contributed by atoms with van der Waals surface area (Å²) >= 11 is 0. The Morgan fingerprint density at radius 1 is 0.962 bits per heavy atom. The molecule has 3 nitrogen and oxygen atoms in total. The van der Waals surface area contributed by atoms with Gasteiger partial charge in [0.25, 0.3) is 0 Å². The highest BCUT2D eigenvalue weighted by Gasteiger charge is 2.29. The van der Waals surface area contributed by atoms with E-state index in [-0.39, 0.29) is 24.6 Å². The van der Waals surface area contributed by atoms with Gasteiger partial charge < -0.3 is 10.1 Å². The largest absolute Gasteiger partial charge is 0.435 e. The summed E-state index contributed by atoms with van der Waals surface area (Å²) in [7, 11) is 0. The second-order valence-corrected chi connectivity index (χ2v) is 5.49. The van der Waals surface area contributed by atoms with E-state index in [1.54, 1.807) is 0 Å². The molecule has 0 aliphatic heterocycles. The fraction of sp³-hybridized carbons (Fsp3) is 0.278. The summed E-state index contributed by atoms with van der Waals surface area (Å²) in [6.45, 7) is -2.63. The highest BCUT2D eigenvalue weighted by Crippen LogP contribution is 2.29. The number of nitrogens with one attached hydrogen (secondary N) is 1. The highest BCUT2D eigenvalue weighted by molar-refractivity contribution is 5.78. The van der Waals surface area contributed by atoms with Crippen molar-refractivity contribution < 1.29 is 31.5 Å². The summed E-state index contributed by atoms with van der Waals surface area (Å²) in [5, 5.41) is 2.66. The van der Waals surface area contributed by atoms with Crippen LogP contribution in [0.15, 0.2) is 48.5 Å². The van der Waals surface area contributed by atoms with E-state index in [1.165, 1.54) is 36.4 Å². The topological polar surface area (TPSA) is 38.3 Å². The zero-order valence-corrected chi connectivity index (χ0v) is 13.5. The van der Waals surface area contributed by atoms with Crippen molar-refractivity contribution in [2.45, 2.75) is 25.6 Å². The van der Waals surface area contributed by atoms with Crippen molar-refractivity contribution in [3.8, 4) is 5.75 Å². The molecule has 0 heterocycles. The molecule has 2 aromatic carbocycles. The smallest absolute Gasteiger partial charge is 0.416 e. The molecule has 8 heteroatoms. The average Bonchev–Trinajstić information content (AvgIpc) is 2.56. The fourth-order valence-corrected chi connectivity index (χ4v) is 2.24. The van der Waals surface area contributed by atoms with Gasteiger partial charge in [0.1, 0.15) is 5.75 Å². The standard InChI is InChI=1S/C18H16F5NO2/c19-17(20)26-15-7-3-13(4-8-15)11-16(25)24-10-9-12-1-5-14(6-2-12)18(21,22)23/h1-8,17H,9-11H2,(H,24,25). The van der Waals surface area contributed by atoms with Crippen molar-refractivity contribution in [3.05, 3.63) is 65.2 Å². The van der Waals surface area contributed by atoms with Crippen molar-refractivity contribution in [1.82, 2.24) is 5.32 Å². The van der Waals surface area contributed by atoms with Gasteiger partial charge in [-0.05, 0) is 41.8 Å². The maximum Gasteiger partial charge on any atom is 0.416 e. The van der Waals surface area contributed by atoms with Crippen molar-refractivity contribution >= 4 is 5.91 Å². The molecule has 0 atom stereocenters. The number of ether oxygens (including phenoxy) is 1. The number of carbonyl (C=O) groups is 1. The lowest BCUT2D eigenvalue weighted by Crippen LogP contribution is -2.27. The van der Waals surface area contributed by atoms with Gasteiger partial charge in [0.2, 0.25) is 5.91 Å². The summed E-state index contributed by atoms with van der Waals surface area (Å²) < 4.78 is 65.7. The fourth-order valence-electron chi connectivity index (χ4n) is 2.24. The molecule has 140 valence electrons. The molecule has 1 amide bonds. The molecule has 0 fully saturated rings. The SMILES string of the molecule is O=C(Cc1ccc(OC(F)F)cc1)NCCc1ccc(C(F)(F)F)cc1. The Hall–Kier alpha value is -2.64. The number of alkyl halides is 5. The number of hydrogen-bond donors (Lipinski definition) is 1. The Bertz CT molecular complexity index is 712. The quantitative estimate of drug-likeness (QED) is 0.739. The van der Waals surface area contributed by atoms with Gasteiger partial charge >= 0.3 is 12.8 Å². The van der Waals surface area contributed by atoms with Gasteiger partial charge in [-0.15, -0.1) is 0 Å². The Kier molecular flexibility index (Phi) is 6.54. The van der Waals surface area contributed by atoms with E-state index in [0.29, 0.717) is 17.5 Å². The van der Waals surface area contributed by atoms with E-state index >= 15 is 0 Å². The average molecular weight is 373 g/mol. The molecule has 0 unspecified atom stereocenters. The lowest BCUT2D eigenvalue weighted by molar-refractivity contribution is -0.137. The van der Waals surface area contributed by atoms with Crippen LogP contribution in [0.2, 0.25) is 0 Å². The van der Waals surface area contributed by atoms with Gasteiger partial charge in [-0.2, -0.15) is 22.0 Å². The van der Waals surface area contributed by atoms with Gasteiger partial charge in [0.05, 0.1) is 12.0 Å². The first-order chi connectivity index (χ1) is 12.2. The van der Waals surface area contributed by atoms with Crippen LogP contribution in [0.5, 0.6) is 5.75 Å². The van der Waals surface area contributed by atoms with Crippen LogP contribution in [0.3, 0.4) is 0 Å². The summed E-state index contributed by atoms with van der Waals surface area (Å²) in [6.07, 6.45) is -3.92. The van der Waals surface area contributed by atoms with E-state index < -0.39 is 18.4 Å². The minimum atomic E-state index is -4.37. The predicted molar refractivity (Wildman–Crippen MR) is 84.9 cm³/mol. The van der Waals surface area contributed by atoms with Crippen molar-refractivity contribution in [3.63, 3.8) is 0 Å². The van der Waals surface area contributed by atoms with E-state index in [9.17, 15) is 26.7 Å². The third kappa shape index (κ3) is 6.34. The molecule has 0 aliphatic rings. The minimum absolute atomic E-state index is 0.00598. The van der Waals surface area contributed by atoms with Crippen LogP contribution in [0.25, 0.3) is 0 Å². The second kappa shape index (κ2) is 8.64. The summed E-state index contributed by atoms with van der Waals surface area (Å²) in [5.74, 6) is -0.272. The molecule has 1 N–H and O–H groups in total. The van der Waals surface area contributed by atoms with Crippen molar-refractivity contribution in [2.75, 3.05) is 6.54 Å². The number of amides is 1. The van der Waals surface area contributed by atoms with Crippen LogP contribution in [0.4, 0.5) is 22.0 Å². The molecule has 2 rings (SSSR count). The molecule has 0 aliphatic carbocycles. The molecule has 2 aromatic rings. The third-order valence-corrected chi connectivity index (χ3v) is 3.53. The van der Waals surface area contributed by atoms with Gasteiger partial charge in [0.15, 0.2) is 0 Å². The summed E-state index contributed by atoms with van der Waals surface area (Å²) in [6, 6.07) is 10.4. The van der Waals surface area contributed by atoms with Crippen LogP contribution >= 0.6 is 0 Å². The zero-order chi connectivity index (χ0) is 19.2. The van der Waals surface area contributed by atoms with Crippen molar-refractivity contribution in [1.29, 1.82) is 0 Å². The van der Waals surface area contributed by atoms with E-state index in [4.69, 9.17) is 0 Å². The number of rotatable bonds is 7. The Morgan fingerprint density at radius 3 is 2.08 bits per heavy atom. The normalized spacial score (nSPS) is 11.5. The van der Waals surface area contributed by atoms with Gasteiger partial charge in [-0.1, -0.05) is 24.3 Å². The third-order valence-electron chi connectivity index (χ3n) is 3.53. The van der Waals surface area contributed by atoms with E-state index in [2.05, 4.69) is 10.1 Å². The van der Waals surface area contributed by atoms with Crippen LogP contribution in [0, 0.1) is 0 Å². The highest BCUT2D eigenvalue weighted by atomic mass is 19.4.